The van der Waals surface area contributed by atoms with Crippen LogP contribution in [0, 0.1) is 11.8 Å². The van der Waals surface area contributed by atoms with Crippen LogP contribution in [-0.2, 0) is 4.79 Å². The summed E-state index contributed by atoms with van der Waals surface area (Å²) in [6.45, 7) is 5.21. The number of carbonyl (C=O) groups excluding carboxylic acids is 1. The molecule has 0 aromatic carbocycles. The van der Waals surface area contributed by atoms with Gasteiger partial charge in [0.2, 0.25) is 0 Å². The van der Waals surface area contributed by atoms with E-state index in [-0.39, 0.29) is 0 Å². The van der Waals surface area contributed by atoms with E-state index in [0.29, 0.717) is 5.78 Å². The molecule has 0 radical (unpaired) electrons. The molecule has 0 heterocycles. The predicted octanol–water partition coefficient (Wildman–Crippen LogP) is 2.09. The highest BCUT2D eigenvalue weighted by molar-refractivity contribution is 5.75. The second-order valence-electron chi connectivity index (χ2n) is 5.10. The van der Waals surface area contributed by atoms with E-state index in [2.05, 4.69) is 4.90 Å². The zero-order valence-corrected chi connectivity index (χ0v) is 9.17. The number of Topliss-reactive ketones (excluding diaryl/α,β-unsaturated/α-hetero) is 1. The molecule has 2 heteroatoms. The average molecular weight is 195 g/mol. The van der Waals surface area contributed by atoms with E-state index in [1.807, 2.05) is 0 Å². The van der Waals surface area contributed by atoms with E-state index in [1.165, 1.54) is 38.8 Å². The molecule has 2 aliphatic rings. The molecule has 2 nitrogen and oxygen atoms in total. The Labute approximate surface area is 86.7 Å². The third-order valence-electron chi connectivity index (χ3n) is 3.21. The molecule has 2 fully saturated rings. The first-order chi connectivity index (χ1) is 6.74. The van der Waals surface area contributed by atoms with Gasteiger partial charge < -0.3 is 4.90 Å². The zero-order valence-electron chi connectivity index (χ0n) is 9.17. The second-order valence-corrected chi connectivity index (χ2v) is 5.10. The number of ketones is 1. The van der Waals surface area contributed by atoms with E-state index in [9.17, 15) is 4.79 Å². The van der Waals surface area contributed by atoms with Crippen LogP contribution in [0.4, 0.5) is 0 Å². The van der Waals surface area contributed by atoms with Crippen molar-refractivity contribution in [3.05, 3.63) is 0 Å². The SMILES string of the molecule is CC(=O)CCN(CC1CC1)CC1CC1. The van der Waals surface area contributed by atoms with Gasteiger partial charge in [-0.3, -0.25) is 4.79 Å². The Morgan fingerprint density at radius 3 is 2.00 bits per heavy atom. The summed E-state index contributed by atoms with van der Waals surface area (Å²) in [6.07, 6.45) is 6.42. The van der Waals surface area contributed by atoms with Gasteiger partial charge in [0.25, 0.3) is 0 Å². The normalized spacial score (nSPS) is 21.6. The van der Waals surface area contributed by atoms with Gasteiger partial charge in [-0.1, -0.05) is 0 Å². The molecule has 0 unspecified atom stereocenters. The minimum absolute atomic E-state index is 0.335. The maximum absolute atomic E-state index is 10.9. The van der Waals surface area contributed by atoms with Crippen molar-refractivity contribution in [3.8, 4) is 0 Å². The quantitative estimate of drug-likeness (QED) is 0.620. The highest BCUT2D eigenvalue weighted by atomic mass is 16.1. The van der Waals surface area contributed by atoms with Gasteiger partial charge in [0.15, 0.2) is 0 Å². The van der Waals surface area contributed by atoms with Crippen LogP contribution in [0.2, 0.25) is 0 Å². The van der Waals surface area contributed by atoms with Crippen LogP contribution in [0.5, 0.6) is 0 Å². The molecule has 0 aromatic rings. The van der Waals surface area contributed by atoms with Crippen LogP contribution in [-0.4, -0.2) is 30.3 Å². The van der Waals surface area contributed by atoms with Crippen molar-refractivity contribution in [2.75, 3.05) is 19.6 Å². The Kier molecular flexibility index (Phi) is 3.22. The molecule has 14 heavy (non-hydrogen) atoms. The first-order valence-corrected chi connectivity index (χ1v) is 5.96. The molecule has 0 N–H and O–H groups in total. The van der Waals surface area contributed by atoms with Crippen LogP contribution in [0.15, 0.2) is 0 Å². The maximum atomic E-state index is 10.9. The number of nitrogens with zero attached hydrogens (tertiary/aromatic N) is 1. The summed E-state index contributed by atoms with van der Waals surface area (Å²) < 4.78 is 0. The lowest BCUT2D eigenvalue weighted by atomic mass is 10.2. The van der Waals surface area contributed by atoms with Crippen molar-refractivity contribution in [1.82, 2.24) is 4.90 Å². The lowest BCUT2D eigenvalue weighted by Gasteiger charge is -2.21. The Bertz CT molecular complexity index is 192. The summed E-state index contributed by atoms with van der Waals surface area (Å²) in [5.41, 5.74) is 0. The van der Waals surface area contributed by atoms with E-state index in [4.69, 9.17) is 0 Å². The summed E-state index contributed by atoms with van der Waals surface area (Å²) in [4.78, 5) is 13.4. The van der Waals surface area contributed by atoms with Crippen molar-refractivity contribution in [2.24, 2.45) is 11.8 Å². The fourth-order valence-corrected chi connectivity index (χ4v) is 1.90. The molecular formula is C12H21NO. The van der Waals surface area contributed by atoms with Gasteiger partial charge in [-0.2, -0.15) is 0 Å². The van der Waals surface area contributed by atoms with Gasteiger partial charge in [-0.25, -0.2) is 0 Å². The summed E-state index contributed by atoms with van der Waals surface area (Å²) in [7, 11) is 0. The van der Waals surface area contributed by atoms with Crippen molar-refractivity contribution < 1.29 is 4.79 Å². The Hall–Kier alpha value is -0.370. The fraction of sp³-hybridized carbons (Fsp3) is 0.917. The maximum Gasteiger partial charge on any atom is 0.131 e. The molecule has 2 aliphatic carbocycles. The summed E-state index contributed by atoms with van der Waals surface area (Å²) >= 11 is 0. The van der Waals surface area contributed by atoms with Crippen LogP contribution < -0.4 is 0 Å². The largest absolute Gasteiger partial charge is 0.302 e. The van der Waals surface area contributed by atoms with E-state index >= 15 is 0 Å². The number of hydrogen-bond acceptors (Lipinski definition) is 2. The van der Waals surface area contributed by atoms with Crippen molar-refractivity contribution >= 4 is 5.78 Å². The highest BCUT2D eigenvalue weighted by Gasteiger charge is 2.28. The van der Waals surface area contributed by atoms with Crippen LogP contribution >= 0.6 is 0 Å². The average Bonchev–Trinajstić information content (AvgIpc) is 2.93. The van der Waals surface area contributed by atoms with Crippen molar-refractivity contribution in [1.29, 1.82) is 0 Å². The standard InChI is InChI=1S/C12H21NO/c1-10(14)6-7-13(8-11-2-3-11)9-12-4-5-12/h11-12H,2-9H2,1H3. The van der Waals surface area contributed by atoms with Gasteiger partial charge in [-0.15, -0.1) is 0 Å². The van der Waals surface area contributed by atoms with E-state index in [0.717, 1.165) is 24.8 Å². The number of carbonyl (C=O) groups is 1. The molecule has 0 atom stereocenters. The summed E-state index contributed by atoms with van der Waals surface area (Å²) in [6, 6.07) is 0. The molecule has 0 aliphatic heterocycles. The first kappa shape index (κ1) is 10.2. The number of rotatable bonds is 7. The lowest BCUT2D eigenvalue weighted by molar-refractivity contribution is -0.117. The topological polar surface area (TPSA) is 20.3 Å². The van der Waals surface area contributed by atoms with E-state index < -0.39 is 0 Å². The van der Waals surface area contributed by atoms with Gasteiger partial charge in [-0.05, 0) is 44.4 Å². The molecule has 0 spiro atoms. The second kappa shape index (κ2) is 4.43. The molecule has 2 saturated carbocycles. The van der Waals surface area contributed by atoms with Crippen LogP contribution in [0.1, 0.15) is 39.0 Å². The van der Waals surface area contributed by atoms with E-state index in [1.54, 1.807) is 6.92 Å². The first-order valence-electron chi connectivity index (χ1n) is 5.96. The Morgan fingerprint density at radius 2 is 1.64 bits per heavy atom. The van der Waals surface area contributed by atoms with Gasteiger partial charge in [0.1, 0.15) is 5.78 Å². The minimum Gasteiger partial charge on any atom is -0.302 e. The Balaban J connectivity index is 1.68. The minimum atomic E-state index is 0.335. The van der Waals surface area contributed by atoms with Crippen LogP contribution in [0.3, 0.4) is 0 Å². The van der Waals surface area contributed by atoms with Crippen molar-refractivity contribution in [2.45, 2.75) is 39.0 Å². The monoisotopic (exact) mass is 195 g/mol. The van der Waals surface area contributed by atoms with Gasteiger partial charge in [0.05, 0.1) is 0 Å². The molecule has 0 amide bonds. The predicted molar refractivity (Wildman–Crippen MR) is 57.2 cm³/mol. The highest BCUT2D eigenvalue weighted by Crippen LogP contribution is 2.33. The van der Waals surface area contributed by atoms with Gasteiger partial charge >= 0.3 is 0 Å². The lowest BCUT2D eigenvalue weighted by Crippen LogP contribution is -2.30. The summed E-state index contributed by atoms with van der Waals surface area (Å²) in [5.74, 6) is 2.25. The number of hydrogen-bond donors (Lipinski definition) is 0. The Morgan fingerprint density at radius 1 is 1.14 bits per heavy atom. The van der Waals surface area contributed by atoms with Crippen LogP contribution in [0.25, 0.3) is 0 Å². The molecule has 0 aromatic heterocycles. The molecular weight excluding hydrogens is 174 g/mol. The molecule has 0 bridgehead atoms. The third-order valence-corrected chi connectivity index (χ3v) is 3.21. The molecule has 80 valence electrons. The fourth-order valence-electron chi connectivity index (χ4n) is 1.90. The zero-order chi connectivity index (χ0) is 9.97. The molecule has 0 saturated heterocycles. The molecule has 2 rings (SSSR count). The smallest absolute Gasteiger partial charge is 0.131 e. The van der Waals surface area contributed by atoms with Crippen molar-refractivity contribution in [3.63, 3.8) is 0 Å². The summed E-state index contributed by atoms with van der Waals surface area (Å²) in [5, 5.41) is 0. The van der Waals surface area contributed by atoms with Gasteiger partial charge in [0, 0.05) is 26.1 Å². The third kappa shape index (κ3) is 3.79.